The normalized spacial score (nSPS) is 18.5. The summed E-state index contributed by atoms with van der Waals surface area (Å²) in [5.41, 5.74) is 10.1. The zero-order chi connectivity index (χ0) is 34.5. The van der Waals surface area contributed by atoms with Crippen LogP contribution < -0.4 is 21.1 Å². The highest BCUT2D eigenvalue weighted by molar-refractivity contribution is 6.32. The number of amides is 3. The van der Waals surface area contributed by atoms with Crippen molar-refractivity contribution in [2.24, 2.45) is 4.99 Å². The number of likely N-dealkylation sites (N-methyl/N-ethyl adjacent to an activating group) is 1. The molecule has 1 saturated heterocycles. The molecule has 12 nitrogen and oxygen atoms in total. The summed E-state index contributed by atoms with van der Waals surface area (Å²) in [5, 5.41) is 10.00. The van der Waals surface area contributed by atoms with Crippen molar-refractivity contribution in [3.8, 4) is 22.6 Å². The van der Waals surface area contributed by atoms with Gasteiger partial charge in [0.2, 0.25) is 11.8 Å². The molecule has 4 aromatic rings. The van der Waals surface area contributed by atoms with Gasteiger partial charge in [0.05, 0.1) is 42.1 Å². The van der Waals surface area contributed by atoms with Crippen LogP contribution in [0.5, 0.6) is 5.75 Å². The number of hydrogen-bond donors (Lipinski definition) is 3. The Hall–Kier alpha value is -5.27. The first-order valence-corrected chi connectivity index (χ1v) is 16.2. The van der Waals surface area contributed by atoms with Gasteiger partial charge in [-0.25, -0.2) is 9.07 Å². The molecule has 3 amide bonds. The van der Waals surface area contributed by atoms with Crippen molar-refractivity contribution in [3.05, 3.63) is 95.0 Å². The molecule has 3 aromatic carbocycles. The number of nitrogens with zero attached hydrogens (tertiary/aromatic N) is 5. The first-order valence-electron chi connectivity index (χ1n) is 15.9. The molecule has 14 heteroatoms. The lowest BCUT2D eigenvalue weighted by Gasteiger charge is -2.24. The smallest absolute Gasteiger partial charge is 0.257 e. The summed E-state index contributed by atoms with van der Waals surface area (Å²) in [6.07, 6.45) is 4.38. The van der Waals surface area contributed by atoms with Crippen LogP contribution in [0.25, 0.3) is 16.8 Å². The Labute approximate surface area is 287 Å². The molecule has 4 N–H and O–H groups in total. The molecule has 1 aromatic heterocycles. The van der Waals surface area contributed by atoms with Crippen molar-refractivity contribution < 1.29 is 23.5 Å². The lowest BCUT2D eigenvalue weighted by Crippen LogP contribution is -2.48. The Bertz CT molecular complexity index is 1900. The van der Waals surface area contributed by atoms with Crippen molar-refractivity contribution in [1.82, 2.24) is 30.2 Å². The minimum absolute atomic E-state index is 0.124. The fraction of sp³-hybridized carbons (Fsp3) is 0.286. The number of anilines is 1. The van der Waals surface area contributed by atoms with E-state index >= 15 is 0 Å². The van der Waals surface area contributed by atoms with Crippen LogP contribution in [0.2, 0.25) is 5.02 Å². The lowest BCUT2D eigenvalue weighted by atomic mass is 9.98. The third-order valence-electron chi connectivity index (χ3n) is 8.54. The SMILES string of the molecule is CNC(=O)CN1CCN=Cc2c(N)cccc2-c2cccc(c2)OC2CC(C(=O)NCC1)N(C(=O)c1cnn(-c3ccc(F)cc3Cl)c1)C2. The molecule has 1 fully saturated rings. The van der Waals surface area contributed by atoms with Gasteiger partial charge in [-0.3, -0.25) is 24.3 Å². The van der Waals surface area contributed by atoms with Gasteiger partial charge in [-0.2, -0.15) is 5.10 Å². The average Bonchev–Trinajstić information content (AvgIpc) is 3.74. The van der Waals surface area contributed by atoms with Gasteiger partial charge in [0.15, 0.2) is 0 Å². The molecule has 4 bridgehead atoms. The van der Waals surface area contributed by atoms with Gasteiger partial charge in [-0.1, -0.05) is 35.9 Å². The van der Waals surface area contributed by atoms with Gasteiger partial charge in [-0.05, 0) is 47.5 Å². The van der Waals surface area contributed by atoms with Crippen molar-refractivity contribution in [2.75, 3.05) is 52.0 Å². The van der Waals surface area contributed by atoms with Crippen molar-refractivity contribution in [1.29, 1.82) is 0 Å². The van der Waals surface area contributed by atoms with Crippen LogP contribution in [-0.2, 0) is 9.59 Å². The van der Waals surface area contributed by atoms with Crippen LogP contribution in [0, 0.1) is 5.82 Å². The minimum atomic E-state index is -0.838. The number of rotatable bonds is 4. The topological polar surface area (TPSA) is 147 Å². The van der Waals surface area contributed by atoms with E-state index in [1.807, 2.05) is 47.4 Å². The third kappa shape index (κ3) is 7.74. The van der Waals surface area contributed by atoms with Crippen LogP contribution in [0.4, 0.5) is 10.1 Å². The minimum Gasteiger partial charge on any atom is -0.488 e. The van der Waals surface area contributed by atoms with Crippen molar-refractivity contribution in [2.45, 2.75) is 18.6 Å². The summed E-state index contributed by atoms with van der Waals surface area (Å²) >= 11 is 6.23. The van der Waals surface area contributed by atoms with Crippen molar-refractivity contribution in [3.63, 3.8) is 0 Å². The van der Waals surface area contributed by atoms with Crippen molar-refractivity contribution >= 4 is 41.2 Å². The first kappa shape index (κ1) is 33.6. The second kappa shape index (κ2) is 14.9. The average molecular weight is 687 g/mol. The zero-order valence-electron chi connectivity index (χ0n) is 26.8. The van der Waals surface area contributed by atoms with Crippen LogP contribution in [0.1, 0.15) is 22.3 Å². The molecule has 254 valence electrons. The fourth-order valence-electron chi connectivity index (χ4n) is 6.02. The Morgan fingerprint density at radius 2 is 1.98 bits per heavy atom. The van der Waals surface area contributed by atoms with Gasteiger partial charge < -0.3 is 26.0 Å². The molecule has 0 radical (unpaired) electrons. The van der Waals surface area contributed by atoms with E-state index in [2.05, 4.69) is 20.7 Å². The summed E-state index contributed by atoms with van der Waals surface area (Å²) in [7, 11) is 1.57. The second-order valence-electron chi connectivity index (χ2n) is 11.8. The maximum Gasteiger partial charge on any atom is 0.257 e. The molecule has 6 rings (SSSR count). The van der Waals surface area contributed by atoms with Crippen LogP contribution in [-0.4, -0.2) is 102 Å². The summed E-state index contributed by atoms with van der Waals surface area (Å²) < 4.78 is 21.4. The van der Waals surface area contributed by atoms with Gasteiger partial charge in [0, 0.05) is 56.8 Å². The van der Waals surface area contributed by atoms with E-state index in [-0.39, 0.29) is 48.5 Å². The third-order valence-corrected chi connectivity index (χ3v) is 8.84. The number of ether oxygens (including phenoxy) is 1. The van der Waals surface area contributed by atoms with Gasteiger partial charge in [0.1, 0.15) is 23.7 Å². The fourth-order valence-corrected chi connectivity index (χ4v) is 6.28. The molecule has 2 atom stereocenters. The predicted octanol–water partition coefficient (Wildman–Crippen LogP) is 3.17. The molecular formula is C35H36ClFN8O4. The van der Waals surface area contributed by atoms with Gasteiger partial charge >= 0.3 is 0 Å². The van der Waals surface area contributed by atoms with E-state index in [0.29, 0.717) is 36.8 Å². The number of nitrogens with two attached hydrogens (primary N) is 1. The molecule has 49 heavy (non-hydrogen) atoms. The molecule has 0 saturated carbocycles. The maximum absolute atomic E-state index is 13.9. The van der Waals surface area contributed by atoms with Crippen LogP contribution in [0.15, 0.2) is 78.0 Å². The Balaban J connectivity index is 1.31. The first-order chi connectivity index (χ1) is 23.7. The van der Waals surface area contributed by atoms with E-state index in [1.165, 1.54) is 40.2 Å². The highest BCUT2D eigenvalue weighted by atomic mass is 35.5. The van der Waals surface area contributed by atoms with E-state index in [9.17, 15) is 18.8 Å². The number of halogens is 2. The van der Waals surface area contributed by atoms with Crippen LogP contribution >= 0.6 is 11.6 Å². The number of nitrogen functional groups attached to an aromatic ring is 1. The monoisotopic (exact) mass is 686 g/mol. The number of carbonyl (C=O) groups is 3. The molecule has 2 unspecified atom stereocenters. The number of aliphatic imine (C=N–C) groups is 1. The maximum atomic E-state index is 13.9. The van der Waals surface area contributed by atoms with Gasteiger partial charge in [-0.15, -0.1) is 0 Å². The van der Waals surface area contributed by atoms with Gasteiger partial charge in [0.25, 0.3) is 5.91 Å². The zero-order valence-corrected chi connectivity index (χ0v) is 27.6. The highest BCUT2D eigenvalue weighted by Crippen LogP contribution is 2.32. The molecule has 3 heterocycles. The molecular weight excluding hydrogens is 651 g/mol. The number of fused-ring (bicyclic) bond motifs is 6. The highest BCUT2D eigenvalue weighted by Gasteiger charge is 2.41. The summed E-state index contributed by atoms with van der Waals surface area (Å²) in [6, 6.07) is 16.3. The lowest BCUT2D eigenvalue weighted by molar-refractivity contribution is -0.124. The molecule has 2 aliphatic rings. The standard InChI is InChI=1S/C35H36ClFN8O4/c1-39-33(46)21-43-12-10-40-18-28-27(6-3-7-30(28)38)22-4-2-5-25(14-22)49-26-16-32(34(47)41-11-13-43)44(20-26)35(48)23-17-42-45(19-23)31-9-8-24(37)15-29(31)36/h2-9,14-15,17-19,26,32H,10-13,16,20-21,38H2,1H3,(H,39,46)(H,41,47). The second-order valence-corrected chi connectivity index (χ2v) is 12.2. The molecule has 0 spiro atoms. The van der Waals surface area contributed by atoms with E-state index in [4.69, 9.17) is 22.1 Å². The number of likely N-dealkylation sites (tertiary alicyclic amines) is 1. The summed E-state index contributed by atoms with van der Waals surface area (Å²) in [6.45, 7) is 1.74. The Morgan fingerprint density at radius 3 is 2.80 bits per heavy atom. The predicted molar refractivity (Wildman–Crippen MR) is 185 cm³/mol. The Kier molecular flexibility index (Phi) is 10.2. The number of carbonyl (C=O) groups excluding carboxylic acids is 3. The quantitative estimate of drug-likeness (QED) is 0.280. The van der Waals surface area contributed by atoms with E-state index in [0.717, 1.165) is 16.7 Å². The van der Waals surface area contributed by atoms with E-state index < -0.39 is 23.9 Å². The van der Waals surface area contributed by atoms with E-state index in [1.54, 1.807) is 13.3 Å². The molecule has 0 aliphatic carbocycles. The number of hydrogen-bond acceptors (Lipinski definition) is 8. The largest absolute Gasteiger partial charge is 0.488 e. The number of nitrogens with one attached hydrogen (secondary N) is 2. The summed E-state index contributed by atoms with van der Waals surface area (Å²) in [4.78, 5) is 47.9. The number of benzene rings is 3. The number of aromatic nitrogens is 2. The Morgan fingerprint density at radius 1 is 1.14 bits per heavy atom. The summed E-state index contributed by atoms with van der Waals surface area (Å²) in [5.74, 6) is -0.845. The van der Waals surface area contributed by atoms with Crippen LogP contribution in [0.3, 0.4) is 0 Å². The molecule has 2 aliphatic heterocycles.